The molecule has 35 heavy (non-hydrogen) atoms. The van der Waals surface area contributed by atoms with Gasteiger partial charge in [-0.2, -0.15) is 0 Å². The van der Waals surface area contributed by atoms with Crippen molar-refractivity contribution in [1.29, 1.82) is 0 Å². The normalized spacial score (nSPS) is 17.9. The van der Waals surface area contributed by atoms with Crippen molar-refractivity contribution in [2.75, 3.05) is 15.9 Å². The second-order valence-corrected chi connectivity index (χ2v) is 11.2. The molecule has 0 amide bonds. The van der Waals surface area contributed by atoms with E-state index in [1.54, 1.807) is 18.3 Å². The molecule has 0 saturated carbocycles. The van der Waals surface area contributed by atoms with Crippen LogP contribution < -0.4 is 14.9 Å². The van der Waals surface area contributed by atoms with Gasteiger partial charge in [-0.25, -0.2) is 8.42 Å². The van der Waals surface area contributed by atoms with Crippen LogP contribution in [-0.4, -0.2) is 29.3 Å². The van der Waals surface area contributed by atoms with Gasteiger partial charge in [-0.3, -0.25) is 9.71 Å². The number of halogens is 1. The van der Waals surface area contributed by atoms with E-state index < -0.39 is 10.0 Å². The molecule has 1 fully saturated rings. The van der Waals surface area contributed by atoms with Crippen molar-refractivity contribution in [2.24, 2.45) is 0 Å². The van der Waals surface area contributed by atoms with Gasteiger partial charge in [0.15, 0.2) is 5.11 Å². The molecule has 178 valence electrons. The molecule has 0 spiro atoms. The third-order valence-electron chi connectivity index (χ3n) is 5.73. The molecular weight excluding hydrogens is 546 g/mol. The number of rotatable bonds is 6. The van der Waals surface area contributed by atoms with E-state index in [9.17, 15) is 8.42 Å². The molecule has 3 heterocycles. The van der Waals surface area contributed by atoms with E-state index in [1.807, 2.05) is 54.7 Å². The van der Waals surface area contributed by atoms with Crippen LogP contribution in [0.15, 0.2) is 95.7 Å². The predicted octanol–water partition coefficient (Wildman–Crippen LogP) is 5.18. The number of sulfonamides is 1. The molecule has 5 rings (SSSR count). The third-order valence-corrected chi connectivity index (χ3v) is 7.18. The zero-order valence-electron chi connectivity index (χ0n) is 18.7. The van der Waals surface area contributed by atoms with Crippen molar-refractivity contribution < 1.29 is 8.42 Å². The zero-order valence-corrected chi connectivity index (χ0v) is 21.9. The van der Waals surface area contributed by atoms with Crippen molar-refractivity contribution in [1.82, 2.24) is 14.9 Å². The summed E-state index contributed by atoms with van der Waals surface area (Å²) in [6.45, 7) is 0. The first-order valence-corrected chi connectivity index (χ1v) is 13.9. The summed E-state index contributed by atoms with van der Waals surface area (Å²) in [5.41, 5.74) is 4.27. The lowest BCUT2D eigenvalue weighted by Crippen LogP contribution is -2.30. The second kappa shape index (κ2) is 9.44. The Balaban J connectivity index is 1.60. The standard InChI is InChI=1S/C25H22BrN5O2S2/c1-35(32,33)29-18-9-13-20(14-10-18)31-24(23(28-25(31)34)21-5-2-3-15-27-21)22-6-4-16-30(22)19-11-7-17(26)8-12-19/h2-16,23-24,29H,1H3,(H,28,34)/t23-,24+/m1/s1. The van der Waals surface area contributed by atoms with Crippen LogP contribution >= 0.6 is 28.1 Å². The molecule has 0 radical (unpaired) electrons. The van der Waals surface area contributed by atoms with Gasteiger partial charge >= 0.3 is 0 Å². The van der Waals surface area contributed by atoms with Gasteiger partial charge in [0.1, 0.15) is 6.04 Å². The summed E-state index contributed by atoms with van der Waals surface area (Å²) in [6.07, 6.45) is 4.94. The molecule has 1 aliphatic rings. The van der Waals surface area contributed by atoms with Crippen LogP contribution in [0.1, 0.15) is 23.5 Å². The monoisotopic (exact) mass is 567 g/mol. The van der Waals surface area contributed by atoms with Crippen LogP contribution in [0.4, 0.5) is 11.4 Å². The van der Waals surface area contributed by atoms with E-state index in [-0.39, 0.29) is 12.1 Å². The second-order valence-electron chi connectivity index (χ2n) is 8.20. The van der Waals surface area contributed by atoms with Crippen molar-refractivity contribution in [3.8, 4) is 5.69 Å². The van der Waals surface area contributed by atoms with E-state index in [0.717, 1.165) is 33.5 Å². The quantitative estimate of drug-likeness (QED) is 0.312. The minimum absolute atomic E-state index is 0.193. The number of thiocarbonyl (C=S) groups is 1. The van der Waals surface area contributed by atoms with Gasteiger partial charge in [0.2, 0.25) is 10.0 Å². The van der Waals surface area contributed by atoms with Crippen molar-refractivity contribution in [2.45, 2.75) is 12.1 Å². The maximum absolute atomic E-state index is 11.6. The van der Waals surface area contributed by atoms with E-state index in [4.69, 9.17) is 12.2 Å². The number of benzene rings is 2. The Bertz CT molecular complexity index is 1460. The highest BCUT2D eigenvalue weighted by Gasteiger charge is 2.42. The fourth-order valence-corrected chi connectivity index (χ4v) is 5.48. The Labute approximate surface area is 218 Å². The fourth-order valence-electron chi connectivity index (χ4n) is 4.31. The van der Waals surface area contributed by atoms with Crippen molar-refractivity contribution >= 4 is 54.7 Å². The van der Waals surface area contributed by atoms with Crippen molar-refractivity contribution in [3.63, 3.8) is 0 Å². The van der Waals surface area contributed by atoms with Gasteiger partial charge in [-0.05, 0) is 85.0 Å². The van der Waals surface area contributed by atoms with Crippen LogP contribution in [0, 0.1) is 0 Å². The number of aromatic nitrogens is 2. The number of nitrogens with one attached hydrogen (secondary N) is 2. The van der Waals surface area contributed by atoms with Gasteiger partial charge in [-0.15, -0.1) is 0 Å². The summed E-state index contributed by atoms with van der Waals surface area (Å²) >= 11 is 9.32. The summed E-state index contributed by atoms with van der Waals surface area (Å²) in [7, 11) is -3.37. The number of hydrogen-bond acceptors (Lipinski definition) is 4. The molecule has 0 aliphatic carbocycles. The zero-order chi connectivity index (χ0) is 24.6. The number of nitrogens with zero attached hydrogens (tertiary/aromatic N) is 3. The topological polar surface area (TPSA) is 79.3 Å². The molecule has 10 heteroatoms. The summed E-state index contributed by atoms with van der Waals surface area (Å²) in [5.74, 6) is 0. The SMILES string of the molecule is CS(=O)(=O)Nc1ccc(N2C(=S)N[C@H](c3ccccn3)[C@@H]2c2cccn2-c2ccc(Br)cc2)cc1. The lowest BCUT2D eigenvalue weighted by Gasteiger charge is -2.29. The molecule has 7 nitrogen and oxygen atoms in total. The van der Waals surface area contributed by atoms with Crippen LogP contribution in [0.25, 0.3) is 5.69 Å². The highest BCUT2D eigenvalue weighted by molar-refractivity contribution is 9.10. The van der Waals surface area contributed by atoms with Gasteiger partial charge < -0.3 is 14.8 Å². The van der Waals surface area contributed by atoms with E-state index in [1.165, 1.54) is 0 Å². The first-order chi connectivity index (χ1) is 16.8. The van der Waals surface area contributed by atoms with Gasteiger partial charge in [-0.1, -0.05) is 22.0 Å². The third kappa shape index (κ3) is 4.95. The summed E-state index contributed by atoms with van der Waals surface area (Å²) in [6, 6.07) is 24.9. The molecular formula is C25H22BrN5O2S2. The Morgan fingerprint density at radius 3 is 2.34 bits per heavy atom. The molecule has 4 aromatic rings. The van der Waals surface area contributed by atoms with Gasteiger partial charge in [0, 0.05) is 39.6 Å². The van der Waals surface area contributed by atoms with Crippen LogP contribution in [0.2, 0.25) is 0 Å². The number of hydrogen-bond donors (Lipinski definition) is 2. The predicted molar refractivity (Wildman–Crippen MR) is 146 cm³/mol. The van der Waals surface area contributed by atoms with Crippen LogP contribution in [0.3, 0.4) is 0 Å². The summed E-state index contributed by atoms with van der Waals surface area (Å²) in [5, 5.41) is 4.03. The van der Waals surface area contributed by atoms with Crippen LogP contribution in [0.5, 0.6) is 0 Å². The summed E-state index contributed by atoms with van der Waals surface area (Å²) < 4.78 is 28.9. The smallest absolute Gasteiger partial charge is 0.229 e. The first kappa shape index (κ1) is 23.5. The molecule has 1 saturated heterocycles. The fraction of sp³-hybridized carbons (Fsp3) is 0.120. The molecule has 2 N–H and O–H groups in total. The minimum Gasteiger partial charge on any atom is -0.351 e. The Morgan fingerprint density at radius 1 is 0.971 bits per heavy atom. The van der Waals surface area contributed by atoms with Crippen molar-refractivity contribution in [3.05, 3.63) is 107 Å². The number of anilines is 2. The average molecular weight is 569 g/mol. The Kier molecular flexibility index (Phi) is 6.35. The highest BCUT2D eigenvalue weighted by Crippen LogP contribution is 2.42. The Morgan fingerprint density at radius 2 is 1.69 bits per heavy atom. The lowest BCUT2D eigenvalue weighted by molar-refractivity contribution is 0.549. The largest absolute Gasteiger partial charge is 0.351 e. The van der Waals surface area contributed by atoms with E-state index >= 15 is 0 Å². The molecule has 0 unspecified atom stereocenters. The lowest BCUT2D eigenvalue weighted by atomic mass is 10.0. The molecule has 0 bridgehead atoms. The first-order valence-electron chi connectivity index (χ1n) is 10.8. The van der Waals surface area contributed by atoms with Gasteiger partial charge in [0.05, 0.1) is 18.0 Å². The van der Waals surface area contributed by atoms with E-state index in [0.29, 0.717) is 10.8 Å². The maximum Gasteiger partial charge on any atom is 0.229 e. The highest BCUT2D eigenvalue weighted by atomic mass is 79.9. The molecule has 2 atom stereocenters. The molecule has 2 aromatic heterocycles. The molecule has 2 aromatic carbocycles. The average Bonchev–Trinajstić information content (AvgIpc) is 3.44. The summed E-state index contributed by atoms with van der Waals surface area (Å²) in [4.78, 5) is 6.67. The minimum atomic E-state index is -3.37. The maximum atomic E-state index is 11.6. The molecule has 1 aliphatic heterocycles. The van der Waals surface area contributed by atoms with Gasteiger partial charge in [0.25, 0.3) is 0 Å². The van der Waals surface area contributed by atoms with Crippen LogP contribution in [-0.2, 0) is 10.0 Å². The van der Waals surface area contributed by atoms with E-state index in [2.05, 4.69) is 58.6 Å². The Hall–Kier alpha value is -3.21. The number of pyridine rings is 1.